The van der Waals surface area contributed by atoms with Crippen molar-refractivity contribution in [2.24, 2.45) is 0 Å². The second-order valence-electron chi connectivity index (χ2n) is 3.60. The van der Waals surface area contributed by atoms with Crippen molar-refractivity contribution in [3.05, 3.63) is 0 Å². The fraction of sp³-hybridized carbons (Fsp3) is 0.778. The van der Waals surface area contributed by atoms with Gasteiger partial charge >= 0.3 is 11.8 Å². The first-order valence-corrected chi connectivity index (χ1v) is 4.87. The average molecular weight is 216 g/mol. The molecule has 1 aliphatic heterocycles. The molecule has 0 aliphatic carbocycles. The Kier molecular flexibility index (Phi) is 4.05. The molecule has 15 heavy (non-hydrogen) atoms. The van der Waals surface area contributed by atoms with E-state index in [0.29, 0.717) is 26.1 Å². The fourth-order valence-corrected chi connectivity index (χ4v) is 1.37. The van der Waals surface area contributed by atoms with Gasteiger partial charge in [0.15, 0.2) is 0 Å². The Bertz CT molecular complexity index is 248. The molecule has 2 amide bonds. The second-order valence-corrected chi connectivity index (χ2v) is 3.60. The van der Waals surface area contributed by atoms with E-state index < -0.39 is 17.4 Å². The SMILES string of the molecule is CNC(=O)C(=O)NCC1(O)CCOCC1. The van der Waals surface area contributed by atoms with E-state index in [4.69, 9.17) is 4.74 Å². The van der Waals surface area contributed by atoms with Crippen LogP contribution in [0.2, 0.25) is 0 Å². The Morgan fingerprint density at radius 2 is 1.93 bits per heavy atom. The summed E-state index contributed by atoms with van der Waals surface area (Å²) < 4.78 is 5.09. The highest BCUT2D eigenvalue weighted by atomic mass is 16.5. The van der Waals surface area contributed by atoms with E-state index in [0.717, 1.165) is 0 Å². The van der Waals surface area contributed by atoms with Crippen molar-refractivity contribution in [3.63, 3.8) is 0 Å². The van der Waals surface area contributed by atoms with Crippen LogP contribution in [-0.2, 0) is 14.3 Å². The van der Waals surface area contributed by atoms with Crippen molar-refractivity contribution in [2.45, 2.75) is 18.4 Å². The standard InChI is InChI=1S/C9H16N2O4/c1-10-7(12)8(13)11-6-9(14)2-4-15-5-3-9/h14H,2-6H2,1H3,(H,10,12)(H,11,13). The van der Waals surface area contributed by atoms with Crippen LogP contribution in [0.4, 0.5) is 0 Å². The van der Waals surface area contributed by atoms with Crippen LogP contribution in [0.5, 0.6) is 0 Å². The summed E-state index contributed by atoms with van der Waals surface area (Å²) in [6.45, 7) is 1.04. The zero-order valence-corrected chi connectivity index (χ0v) is 8.71. The van der Waals surface area contributed by atoms with Crippen molar-refractivity contribution < 1.29 is 19.4 Å². The summed E-state index contributed by atoms with van der Waals surface area (Å²) in [7, 11) is 1.38. The molecule has 0 saturated carbocycles. The van der Waals surface area contributed by atoms with Crippen molar-refractivity contribution in [1.82, 2.24) is 10.6 Å². The fourth-order valence-electron chi connectivity index (χ4n) is 1.37. The van der Waals surface area contributed by atoms with Crippen LogP contribution >= 0.6 is 0 Å². The third-order valence-electron chi connectivity index (χ3n) is 2.43. The van der Waals surface area contributed by atoms with Crippen LogP contribution < -0.4 is 10.6 Å². The summed E-state index contributed by atoms with van der Waals surface area (Å²) in [6, 6.07) is 0. The van der Waals surface area contributed by atoms with E-state index in [9.17, 15) is 14.7 Å². The third-order valence-corrected chi connectivity index (χ3v) is 2.43. The smallest absolute Gasteiger partial charge is 0.309 e. The molecule has 6 heteroatoms. The van der Waals surface area contributed by atoms with Crippen LogP contribution in [-0.4, -0.2) is 49.3 Å². The molecule has 3 N–H and O–H groups in total. The lowest BCUT2D eigenvalue weighted by atomic mass is 9.94. The number of amides is 2. The zero-order chi connectivity index (χ0) is 11.3. The second kappa shape index (κ2) is 5.09. The Morgan fingerprint density at radius 3 is 2.47 bits per heavy atom. The van der Waals surface area contributed by atoms with Crippen LogP contribution in [0.3, 0.4) is 0 Å². The largest absolute Gasteiger partial charge is 0.388 e. The highest BCUT2D eigenvalue weighted by molar-refractivity contribution is 6.35. The van der Waals surface area contributed by atoms with E-state index in [2.05, 4.69) is 10.6 Å². The van der Waals surface area contributed by atoms with Gasteiger partial charge in [-0.2, -0.15) is 0 Å². The quantitative estimate of drug-likeness (QED) is 0.485. The van der Waals surface area contributed by atoms with Gasteiger partial charge in [0.05, 0.1) is 5.60 Å². The molecule has 0 aromatic rings. The molecular weight excluding hydrogens is 200 g/mol. The molecule has 0 radical (unpaired) electrons. The van der Waals surface area contributed by atoms with Gasteiger partial charge in [0.25, 0.3) is 0 Å². The van der Waals surface area contributed by atoms with E-state index >= 15 is 0 Å². The maximum atomic E-state index is 11.1. The number of rotatable bonds is 2. The summed E-state index contributed by atoms with van der Waals surface area (Å²) >= 11 is 0. The number of nitrogens with one attached hydrogen (secondary N) is 2. The summed E-state index contributed by atoms with van der Waals surface area (Å²) in [5, 5.41) is 14.5. The minimum atomic E-state index is -0.943. The zero-order valence-electron chi connectivity index (χ0n) is 8.71. The number of hydrogen-bond donors (Lipinski definition) is 3. The molecule has 86 valence electrons. The number of carbonyl (C=O) groups excluding carboxylic acids is 2. The Hall–Kier alpha value is -1.14. The van der Waals surface area contributed by atoms with Gasteiger partial charge in [-0.15, -0.1) is 0 Å². The van der Waals surface area contributed by atoms with Crippen LogP contribution in [0.25, 0.3) is 0 Å². The topological polar surface area (TPSA) is 87.7 Å². The highest BCUT2D eigenvalue weighted by Gasteiger charge is 2.30. The number of hydrogen-bond acceptors (Lipinski definition) is 4. The van der Waals surface area contributed by atoms with Crippen LogP contribution in [0.1, 0.15) is 12.8 Å². The molecule has 0 spiro atoms. The van der Waals surface area contributed by atoms with Crippen molar-refractivity contribution in [1.29, 1.82) is 0 Å². The average Bonchev–Trinajstić information content (AvgIpc) is 2.26. The van der Waals surface area contributed by atoms with E-state index in [1.807, 2.05) is 0 Å². The normalized spacial score (nSPS) is 19.3. The summed E-state index contributed by atoms with van der Waals surface area (Å²) in [5.74, 6) is -1.43. The Labute approximate surface area is 88.0 Å². The summed E-state index contributed by atoms with van der Waals surface area (Å²) in [5.41, 5.74) is -0.943. The molecule has 1 saturated heterocycles. The minimum absolute atomic E-state index is 0.0859. The van der Waals surface area contributed by atoms with Gasteiger partial charge in [0, 0.05) is 39.6 Å². The summed E-state index contributed by atoms with van der Waals surface area (Å²) in [4.78, 5) is 22.0. The lowest BCUT2D eigenvalue weighted by Crippen LogP contribution is -2.49. The number of carbonyl (C=O) groups is 2. The number of likely N-dealkylation sites (N-methyl/N-ethyl adjacent to an activating group) is 1. The first-order valence-electron chi connectivity index (χ1n) is 4.87. The minimum Gasteiger partial charge on any atom is -0.388 e. The Morgan fingerprint density at radius 1 is 1.33 bits per heavy atom. The van der Waals surface area contributed by atoms with Crippen LogP contribution in [0, 0.1) is 0 Å². The predicted octanol–water partition coefficient (Wildman–Crippen LogP) is -1.61. The maximum absolute atomic E-state index is 11.1. The van der Waals surface area contributed by atoms with Gasteiger partial charge in [0.1, 0.15) is 0 Å². The van der Waals surface area contributed by atoms with Gasteiger partial charge in [-0.05, 0) is 0 Å². The molecule has 1 fully saturated rings. The highest BCUT2D eigenvalue weighted by Crippen LogP contribution is 2.18. The molecule has 1 rings (SSSR count). The van der Waals surface area contributed by atoms with Gasteiger partial charge in [-0.3, -0.25) is 9.59 Å². The molecule has 0 atom stereocenters. The first-order chi connectivity index (χ1) is 7.07. The molecule has 6 nitrogen and oxygen atoms in total. The van der Waals surface area contributed by atoms with Crippen molar-refractivity contribution >= 4 is 11.8 Å². The lowest BCUT2D eigenvalue weighted by Gasteiger charge is -2.31. The van der Waals surface area contributed by atoms with Gasteiger partial charge in [0.2, 0.25) is 0 Å². The molecule has 1 aliphatic rings. The first kappa shape index (κ1) is 11.9. The number of aliphatic hydroxyl groups is 1. The van der Waals surface area contributed by atoms with Crippen molar-refractivity contribution in [3.8, 4) is 0 Å². The maximum Gasteiger partial charge on any atom is 0.309 e. The molecule has 1 heterocycles. The number of ether oxygens (including phenoxy) is 1. The van der Waals surface area contributed by atoms with Gasteiger partial charge in [-0.25, -0.2) is 0 Å². The molecule has 0 aromatic heterocycles. The van der Waals surface area contributed by atoms with E-state index in [1.165, 1.54) is 7.05 Å². The van der Waals surface area contributed by atoms with Crippen LogP contribution in [0.15, 0.2) is 0 Å². The monoisotopic (exact) mass is 216 g/mol. The van der Waals surface area contributed by atoms with Gasteiger partial charge in [-0.1, -0.05) is 0 Å². The third kappa shape index (κ3) is 3.49. The van der Waals surface area contributed by atoms with E-state index in [1.54, 1.807) is 0 Å². The van der Waals surface area contributed by atoms with Crippen molar-refractivity contribution in [2.75, 3.05) is 26.8 Å². The van der Waals surface area contributed by atoms with Gasteiger partial charge < -0.3 is 20.5 Å². The molecule has 0 aromatic carbocycles. The summed E-state index contributed by atoms with van der Waals surface area (Å²) in [6.07, 6.45) is 0.946. The lowest BCUT2D eigenvalue weighted by molar-refractivity contribution is -0.140. The van der Waals surface area contributed by atoms with E-state index in [-0.39, 0.29) is 6.54 Å². The Balaban J connectivity index is 2.35. The molecule has 0 unspecified atom stereocenters. The molecular formula is C9H16N2O4. The molecule has 0 bridgehead atoms. The predicted molar refractivity (Wildman–Crippen MR) is 52.1 cm³/mol.